The highest BCUT2D eigenvalue weighted by atomic mass is 32.2. The molecule has 5 nitrogen and oxygen atoms in total. The summed E-state index contributed by atoms with van der Waals surface area (Å²) in [4.78, 5) is 29.6. The van der Waals surface area contributed by atoms with Crippen LogP contribution >= 0.6 is 11.8 Å². The van der Waals surface area contributed by atoms with Crippen LogP contribution < -0.4 is 11.1 Å². The Labute approximate surface area is 197 Å². The number of piperidine rings is 1. The number of benzene rings is 1. The van der Waals surface area contributed by atoms with Gasteiger partial charge < -0.3 is 16.0 Å². The van der Waals surface area contributed by atoms with Gasteiger partial charge in [-0.3, -0.25) is 9.59 Å². The number of nitrogens with zero attached hydrogens (tertiary/aromatic N) is 1. The lowest BCUT2D eigenvalue weighted by Crippen LogP contribution is -2.57. The number of hydrogen-bond acceptors (Lipinski definition) is 4. The highest BCUT2D eigenvalue weighted by molar-refractivity contribution is 7.99. The van der Waals surface area contributed by atoms with Crippen LogP contribution in [0.25, 0.3) is 0 Å². The first kappa shape index (κ1) is 23.6. The molecule has 2 aliphatic heterocycles. The highest BCUT2D eigenvalue weighted by Crippen LogP contribution is 2.49. The van der Waals surface area contributed by atoms with Crippen molar-refractivity contribution >= 4 is 23.6 Å². The average molecular weight is 458 g/mol. The van der Waals surface area contributed by atoms with Gasteiger partial charge in [-0.2, -0.15) is 0 Å². The molecule has 1 saturated heterocycles. The minimum atomic E-state index is -0.986. The Morgan fingerprint density at radius 2 is 1.88 bits per heavy atom. The molecule has 1 aromatic rings. The molecule has 3 N–H and O–H groups in total. The Balaban J connectivity index is 1.40. The molecule has 2 heterocycles. The van der Waals surface area contributed by atoms with Gasteiger partial charge in [0.15, 0.2) is 0 Å². The van der Waals surface area contributed by atoms with Crippen LogP contribution in [-0.4, -0.2) is 47.1 Å². The second-order valence-corrected chi connectivity index (χ2v) is 11.7. The summed E-state index contributed by atoms with van der Waals surface area (Å²) in [5.41, 5.74) is 6.70. The van der Waals surface area contributed by atoms with Crippen LogP contribution in [0.3, 0.4) is 0 Å². The zero-order chi connectivity index (χ0) is 22.8. The highest BCUT2D eigenvalue weighted by Gasteiger charge is 2.43. The van der Waals surface area contributed by atoms with Crippen molar-refractivity contribution in [1.82, 2.24) is 10.2 Å². The van der Waals surface area contributed by atoms with Gasteiger partial charge in [0.2, 0.25) is 11.8 Å². The fourth-order valence-electron chi connectivity index (χ4n) is 5.59. The minimum Gasteiger partial charge on any atom is -0.343 e. The SMILES string of the molecule is CC(C)(N)C(=O)N[C@H](CCC1CCCCC1)C(=O)N1CCC2(CC1)CSc1ccccc12. The van der Waals surface area contributed by atoms with Crippen LogP contribution in [0.2, 0.25) is 0 Å². The van der Waals surface area contributed by atoms with Gasteiger partial charge in [-0.25, -0.2) is 0 Å². The van der Waals surface area contributed by atoms with Crippen LogP contribution in [-0.2, 0) is 15.0 Å². The molecule has 1 saturated carbocycles. The molecule has 1 aliphatic carbocycles. The fraction of sp³-hybridized carbons (Fsp3) is 0.692. The molecule has 4 rings (SSSR count). The molecule has 1 atom stereocenters. The number of nitrogens with two attached hydrogens (primary N) is 1. The molecular weight excluding hydrogens is 418 g/mol. The van der Waals surface area contributed by atoms with Gasteiger partial charge in [0, 0.05) is 29.2 Å². The fourth-order valence-corrected chi connectivity index (χ4v) is 7.08. The Hall–Kier alpha value is -1.53. The van der Waals surface area contributed by atoms with Gasteiger partial charge in [0.1, 0.15) is 6.04 Å². The summed E-state index contributed by atoms with van der Waals surface area (Å²) in [5, 5.41) is 3.01. The van der Waals surface area contributed by atoms with Gasteiger partial charge in [0.05, 0.1) is 5.54 Å². The lowest BCUT2D eigenvalue weighted by Gasteiger charge is -2.41. The van der Waals surface area contributed by atoms with Gasteiger partial charge >= 0.3 is 0 Å². The van der Waals surface area contributed by atoms with E-state index in [1.165, 1.54) is 42.6 Å². The predicted molar refractivity (Wildman–Crippen MR) is 131 cm³/mol. The first-order valence-corrected chi connectivity index (χ1v) is 13.4. The third-order valence-electron chi connectivity index (χ3n) is 7.77. The van der Waals surface area contributed by atoms with Crippen molar-refractivity contribution in [3.05, 3.63) is 29.8 Å². The van der Waals surface area contributed by atoms with E-state index in [1.807, 2.05) is 16.7 Å². The van der Waals surface area contributed by atoms with Crippen LogP contribution in [0.15, 0.2) is 29.2 Å². The summed E-state index contributed by atoms with van der Waals surface area (Å²) in [7, 11) is 0. The molecular formula is C26H39N3O2S. The topological polar surface area (TPSA) is 75.4 Å². The van der Waals surface area contributed by atoms with Gasteiger partial charge in [-0.05, 0) is 57.1 Å². The average Bonchev–Trinajstić information content (AvgIpc) is 3.15. The van der Waals surface area contributed by atoms with Crippen molar-refractivity contribution in [2.24, 2.45) is 11.7 Å². The summed E-state index contributed by atoms with van der Waals surface area (Å²) in [5.74, 6) is 1.62. The molecule has 176 valence electrons. The largest absolute Gasteiger partial charge is 0.343 e. The first-order valence-electron chi connectivity index (χ1n) is 12.4. The molecule has 2 amide bonds. The Morgan fingerprint density at radius 3 is 2.56 bits per heavy atom. The Morgan fingerprint density at radius 1 is 1.19 bits per heavy atom. The van der Waals surface area contributed by atoms with E-state index in [0.717, 1.165) is 38.1 Å². The predicted octanol–water partition coefficient (Wildman–Crippen LogP) is 4.24. The third-order valence-corrected chi connectivity index (χ3v) is 9.14. The number of nitrogens with one attached hydrogen (secondary N) is 1. The molecule has 6 heteroatoms. The van der Waals surface area contributed by atoms with Crippen LogP contribution in [0.4, 0.5) is 0 Å². The molecule has 0 bridgehead atoms. The maximum atomic E-state index is 13.5. The van der Waals surface area contributed by atoms with Crippen molar-refractivity contribution < 1.29 is 9.59 Å². The first-order chi connectivity index (χ1) is 15.3. The van der Waals surface area contributed by atoms with Gasteiger partial charge in [-0.15, -0.1) is 11.8 Å². The van der Waals surface area contributed by atoms with Crippen molar-refractivity contribution in [3.63, 3.8) is 0 Å². The maximum absolute atomic E-state index is 13.5. The standard InChI is InChI=1S/C26H39N3O2S/c1-25(2,27)24(31)28-21(13-12-19-8-4-3-5-9-19)23(30)29-16-14-26(15-17-29)18-32-22-11-7-6-10-20(22)26/h6-7,10-11,19,21H,3-5,8-9,12-18,27H2,1-2H3,(H,28,31)/t21-/m1/s1. The zero-order valence-corrected chi connectivity index (χ0v) is 20.5. The molecule has 1 spiro atoms. The van der Waals surface area contributed by atoms with Crippen molar-refractivity contribution in [2.75, 3.05) is 18.8 Å². The molecule has 32 heavy (non-hydrogen) atoms. The molecule has 0 unspecified atom stereocenters. The van der Waals surface area contributed by atoms with E-state index < -0.39 is 11.6 Å². The van der Waals surface area contributed by atoms with Gasteiger partial charge in [0.25, 0.3) is 0 Å². The molecule has 0 aromatic heterocycles. The summed E-state index contributed by atoms with van der Waals surface area (Å²) in [6, 6.07) is 8.27. The molecule has 3 aliphatic rings. The molecule has 2 fully saturated rings. The number of carbonyl (C=O) groups excluding carboxylic acids is 2. The van der Waals surface area contributed by atoms with Crippen LogP contribution in [0, 0.1) is 5.92 Å². The quantitative estimate of drug-likeness (QED) is 0.670. The number of likely N-dealkylation sites (tertiary alicyclic amines) is 1. The van der Waals surface area contributed by atoms with E-state index in [-0.39, 0.29) is 17.2 Å². The van der Waals surface area contributed by atoms with E-state index in [1.54, 1.807) is 13.8 Å². The molecule has 1 aromatic carbocycles. The van der Waals surface area contributed by atoms with E-state index in [9.17, 15) is 9.59 Å². The summed E-state index contributed by atoms with van der Waals surface area (Å²) < 4.78 is 0. The smallest absolute Gasteiger partial charge is 0.245 e. The van der Waals surface area contributed by atoms with Crippen molar-refractivity contribution in [3.8, 4) is 0 Å². The van der Waals surface area contributed by atoms with E-state index in [0.29, 0.717) is 12.3 Å². The van der Waals surface area contributed by atoms with Gasteiger partial charge in [-0.1, -0.05) is 50.3 Å². The van der Waals surface area contributed by atoms with Crippen molar-refractivity contribution in [1.29, 1.82) is 0 Å². The number of amides is 2. The normalized spacial score (nSPS) is 21.9. The third kappa shape index (κ3) is 5.17. The minimum absolute atomic E-state index is 0.0761. The molecule has 0 radical (unpaired) electrons. The second kappa shape index (κ2) is 9.76. The van der Waals surface area contributed by atoms with E-state index >= 15 is 0 Å². The van der Waals surface area contributed by atoms with E-state index in [4.69, 9.17) is 5.73 Å². The number of rotatable bonds is 6. The lowest BCUT2D eigenvalue weighted by atomic mass is 9.74. The number of fused-ring (bicyclic) bond motifs is 2. The Kier molecular flexibility index (Phi) is 7.21. The lowest BCUT2D eigenvalue weighted by molar-refractivity contribution is -0.139. The number of thioether (sulfide) groups is 1. The zero-order valence-electron chi connectivity index (χ0n) is 19.7. The van der Waals surface area contributed by atoms with Crippen LogP contribution in [0.5, 0.6) is 0 Å². The van der Waals surface area contributed by atoms with Crippen LogP contribution in [0.1, 0.15) is 77.2 Å². The summed E-state index contributed by atoms with van der Waals surface area (Å²) in [6.45, 7) is 4.92. The Bertz CT molecular complexity index is 821. The van der Waals surface area contributed by atoms with Crippen molar-refractivity contribution in [2.45, 2.75) is 93.5 Å². The number of carbonyl (C=O) groups is 2. The van der Waals surface area contributed by atoms with E-state index in [2.05, 4.69) is 29.6 Å². The monoisotopic (exact) mass is 457 g/mol. The second-order valence-electron chi connectivity index (χ2n) is 10.7. The summed E-state index contributed by atoms with van der Waals surface area (Å²) in [6.07, 6.45) is 10.1. The maximum Gasteiger partial charge on any atom is 0.245 e. The summed E-state index contributed by atoms with van der Waals surface area (Å²) >= 11 is 1.95. The number of hydrogen-bond donors (Lipinski definition) is 2.